The SMILES string of the molecule is CC(=O)OC1[C@H](OC(C)=O)C(n2cnc3c(Cl)ncnc32)O[C@@]12C[C@H]2OC(=O)c1ccccc1. The largest absolute Gasteiger partial charge is 0.455 e. The maximum Gasteiger partial charge on any atom is 0.338 e. The molecular formula is C22H19ClN4O7. The average Bonchev–Trinajstić information content (AvgIpc) is 3.16. The molecule has 2 aliphatic rings. The minimum Gasteiger partial charge on any atom is -0.455 e. The summed E-state index contributed by atoms with van der Waals surface area (Å²) in [7, 11) is 0. The average molecular weight is 487 g/mol. The minimum atomic E-state index is -1.21. The van der Waals surface area contributed by atoms with Gasteiger partial charge in [-0.15, -0.1) is 0 Å². The lowest BCUT2D eigenvalue weighted by Gasteiger charge is -2.24. The van der Waals surface area contributed by atoms with Crippen molar-refractivity contribution in [1.29, 1.82) is 0 Å². The van der Waals surface area contributed by atoms with Crippen LogP contribution in [0.5, 0.6) is 0 Å². The third kappa shape index (κ3) is 3.76. The predicted molar refractivity (Wildman–Crippen MR) is 115 cm³/mol. The Bertz CT molecular complexity index is 1280. The predicted octanol–water partition coefficient (Wildman–Crippen LogP) is 2.24. The maximum atomic E-state index is 12.6. The van der Waals surface area contributed by atoms with E-state index in [0.29, 0.717) is 16.7 Å². The highest BCUT2D eigenvalue weighted by Crippen LogP contribution is 2.57. The Hall–Kier alpha value is -3.57. The first-order valence-corrected chi connectivity index (χ1v) is 10.8. The standard InChI is InChI=1S/C22H19ClN4O7/c1-11(28)31-16-17(32-12(2)29)22(8-14(22)33-21(30)13-6-4-3-5-7-13)34-20(16)27-10-26-15-18(23)24-9-25-19(15)27/h3-7,9-10,14,16-17,20H,8H2,1-2H3/t14-,16+,17?,20?,22-/m1/s1. The number of benzene rings is 1. The number of fused-ring (bicyclic) bond motifs is 1. The fourth-order valence-electron chi connectivity index (χ4n) is 4.24. The highest BCUT2D eigenvalue weighted by Gasteiger charge is 2.74. The van der Waals surface area contributed by atoms with Crippen LogP contribution in [0.1, 0.15) is 36.9 Å². The molecule has 1 aliphatic carbocycles. The van der Waals surface area contributed by atoms with E-state index in [1.54, 1.807) is 30.3 Å². The lowest BCUT2D eigenvalue weighted by molar-refractivity contribution is -0.166. The second-order valence-electron chi connectivity index (χ2n) is 8.02. The first-order chi connectivity index (χ1) is 16.3. The zero-order valence-corrected chi connectivity index (χ0v) is 18.8. The van der Waals surface area contributed by atoms with Crippen LogP contribution in [-0.2, 0) is 28.5 Å². The second kappa shape index (κ2) is 8.33. The second-order valence-corrected chi connectivity index (χ2v) is 8.38. The quantitative estimate of drug-likeness (QED) is 0.300. The van der Waals surface area contributed by atoms with Gasteiger partial charge in [-0.05, 0) is 12.1 Å². The summed E-state index contributed by atoms with van der Waals surface area (Å²) in [6.07, 6.45) is -0.899. The summed E-state index contributed by atoms with van der Waals surface area (Å²) < 4.78 is 24.6. The highest BCUT2D eigenvalue weighted by atomic mass is 35.5. The molecular weight excluding hydrogens is 468 g/mol. The van der Waals surface area contributed by atoms with Crippen LogP contribution >= 0.6 is 11.6 Å². The van der Waals surface area contributed by atoms with Crippen LogP contribution in [0.4, 0.5) is 0 Å². The van der Waals surface area contributed by atoms with Gasteiger partial charge in [0.15, 0.2) is 34.8 Å². The van der Waals surface area contributed by atoms with Crippen molar-refractivity contribution in [1.82, 2.24) is 19.5 Å². The Balaban J connectivity index is 1.50. The van der Waals surface area contributed by atoms with Gasteiger partial charge in [0, 0.05) is 20.3 Å². The van der Waals surface area contributed by atoms with Crippen LogP contribution in [0, 0.1) is 0 Å². The number of ether oxygens (including phenoxy) is 4. The Morgan fingerprint density at radius 1 is 1.06 bits per heavy atom. The van der Waals surface area contributed by atoms with Crippen LogP contribution in [0.3, 0.4) is 0 Å². The number of halogens is 1. The van der Waals surface area contributed by atoms with Crippen molar-refractivity contribution in [2.24, 2.45) is 0 Å². The van der Waals surface area contributed by atoms with Gasteiger partial charge in [-0.1, -0.05) is 29.8 Å². The van der Waals surface area contributed by atoms with Crippen LogP contribution in [-0.4, -0.2) is 61.3 Å². The van der Waals surface area contributed by atoms with E-state index in [2.05, 4.69) is 15.0 Å². The topological polar surface area (TPSA) is 132 Å². The van der Waals surface area contributed by atoms with Gasteiger partial charge in [-0.3, -0.25) is 14.2 Å². The molecule has 1 aromatic carbocycles. The Morgan fingerprint density at radius 3 is 2.50 bits per heavy atom. The molecule has 1 spiro atoms. The van der Waals surface area contributed by atoms with Gasteiger partial charge in [-0.2, -0.15) is 0 Å². The van der Waals surface area contributed by atoms with E-state index < -0.39 is 48.0 Å². The van der Waals surface area contributed by atoms with Gasteiger partial charge >= 0.3 is 17.9 Å². The van der Waals surface area contributed by atoms with E-state index in [1.807, 2.05) is 0 Å². The summed E-state index contributed by atoms with van der Waals surface area (Å²) in [4.78, 5) is 48.9. The lowest BCUT2D eigenvalue weighted by atomic mass is 10.1. The molecule has 1 aliphatic heterocycles. The fourth-order valence-corrected chi connectivity index (χ4v) is 4.41. The summed E-state index contributed by atoms with van der Waals surface area (Å²) in [5.74, 6) is -1.76. The molecule has 3 aromatic rings. The third-order valence-corrected chi connectivity index (χ3v) is 6.01. The lowest BCUT2D eigenvalue weighted by Crippen LogP contribution is -2.41. The molecule has 2 aromatic heterocycles. The summed E-state index contributed by atoms with van der Waals surface area (Å²) in [5.41, 5.74) is -0.193. The Kier molecular flexibility index (Phi) is 5.45. The monoisotopic (exact) mass is 486 g/mol. The highest BCUT2D eigenvalue weighted by molar-refractivity contribution is 6.33. The maximum absolute atomic E-state index is 12.6. The van der Waals surface area contributed by atoms with E-state index in [0.717, 1.165) is 0 Å². The number of carbonyl (C=O) groups excluding carboxylic acids is 3. The molecule has 2 unspecified atom stereocenters. The van der Waals surface area contributed by atoms with E-state index in [4.69, 9.17) is 30.5 Å². The van der Waals surface area contributed by atoms with E-state index >= 15 is 0 Å². The number of nitrogens with zero attached hydrogens (tertiary/aromatic N) is 4. The summed E-state index contributed by atoms with van der Waals surface area (Å²) >= 11 is 6.12. The van der Waals surface area contributed by atoms with Crippen molar-refractivity contribution in [3.05, 3.63) is 53.7 Å². The van der Waals surface area contributed by atoms with Crippen molar-refractivity contribution in [3.8, 4) is 0 Å². The van der Waals surface area contributed by atoms with Gasteiger partial charge in [0.1, 0.15) is 17.9 Å². The molecule has 1 saturated carbocycles. The van der Waals surface area contributed by atoms with Crippen molar-refractivity contribution in [3.63, 3.8) is 0 Å². The molecule has 34 heavy (non-hydrogen) atoms. The number of hydrogen-bond acceptors (Lipinski definition) is 10. The van der Waals surface area contributed by atoms with E-state index in [9.17, 15) is 14.4 Å². The molecule has 11 nitrogen and oxygen atoms in total. The molecule has 5 atom stereocenters. The minimum absolute atomic E-state index is 0.137. The molecule has 0 N–H and O–H groups in total. The first-order valence-electron chi connectivity index (χ1n) is 10.4. The van der Waals surface area contributed by atoms with Gasteiger partial charge in [0.05, 0.1) is 11.9 Å². The van der Waals surface area contributed by atoms with Gasteiger partial charge in [0.2, 0.25) is 0 Å². The number of rotatable bonds is 5. The van der Waals surface area contributed by atoms with Crippen molar-refractivity contribution < 1.29 is 33.3 Å². The van der Waals surface area contributed by atoms with Crippen molar-refractivity contribution in [2.75, 3.05) is 0 Å². The number of aromatic nitrogens is 4. The van der Waals surface area contributed by atoms with Crippen LogP contribution in [0.2, 0.25) is 5.15 Å². The van der Waals surface area contributed by atoms with Crippen molar-refractivity contribution in [2.45, 2.75) is 50.4 Å². The first kappa shape index (κ1) is 22.2. The summed E-state index contributed by atoms with van der Waals surface area (Å²) in [6, 6.07) is 8.48. The number of imidazole rings is 1. The van der Waals surface area contributed by atoms with E-state index in [1.165, 1.54) is 31.1 Å². The Labute approximate surface area is 197 Å². The molecule has 1 saturated heterocycles. The molecule has 0 bridgehead atoms. The van der Waals surface area contributed by atoms with Crippen LogP contribution in [0.15, 0.2) is 43.0 Å². The molecule has 3 heterocycles. The normalized spacial score (nSPS) is 27.5. The zero-order chi connectivity index (χ0) is 24.0. The molecule has 12 heteroatoms. The van der Waals surface area contributed by atoms with Crippen LogP contribution in [0.25, 0.3) is 11.2 Å². The Morgan fingerprint density at radius 2 is 1.79 bits per heavy atom. The van der Waals surface area contributed by atoms with Gasteiger partial charge in [0.25, 0.3) is 0 Å². The fraction of sp³-hybridized carbons (Fsp3) is 0.364. The number of carbonyl (C=O) groups is 3. The van der Waals surface area contributed by atoms with E-state index in [-0.39, 0.29) is 11.6 Å². The molecule has 0 radical (unpaired) electrons. The smallest absolute Gasteiger partial charge is 0.338 e. The molecule has 2 fully saturated rings. The molecule has 0 amide bonds. The van der Waals surface area contributed by atoms with Gasteiger partial charge in [-0.25, -0.2) is 19.7 Å². The summed E-state index contributed by atoms with van der Waals surface area (Å²) in [6.45, 7) is 2.47. The molecule has 176 valence electrons. The number of hydrogen-bond donors (Lipinski definition) is 0. The molecule has 5 rings (SSSR count). The van der Waals surface area contributed by atoms with Gasteiger partial charge < -0.3 is 18.9 Å². The zero-order valence-electron chi connectivity index (χ0n) is 18.1. The number of esters is 3. The summed E-state index contributed by atoms with van der Waals surface area (Å²) in [5, 5.41) is 0.137. The third-order valence-electron chi connectivity index (χ3n) is 5.73. The van der Waals surface area contributed by atoms with Crippen molar-refractivity contribution >= 4 is 40.7 Å². The van der Waals surface area contributed by atoms with Crippen LogP contribution < -0.4 is 0 Å².